The third-order valence-corrected chi connectivity index (χ3v) is 2.96. The van der Waals surface area contributed by atoms with Gasteiger partial charge in [-0.15, -0.1) is 0 Å². The topological polar surface area (TPSA) is 30.5 Å². The smallest absolute Gasteiger partial charge is 0.390 e. The zero-order chi connectivity index (χ0) is 15.2. The molecule has 0 radical (unpaired) electrons. The fourth-order valence-electron chi connectivity index (χ4n) is 1.88. The fraction of sp³-hybridized carbons (Fsp3) is 0.571. The third kappa shape index (κ3) is 5.38. The molecule has 20 heavy (non-hydrogen) atoms. The Hall–Kier alpha value is -1.27. The molecule has 1 aromatic rings. The van der Waals surface area contributed by atoms with Crippen LogP contribution in [0.2, 0.25) is 0 Å². The van der Waals surface area contributed by atoms with E-state index < -0.39 is 12.6 Å². The van der Waals surface area contributed by atoms with Crippen LogP contribution in [0.1, 0.15) is 30.5 Å². The summed E-state index contributed by atoms with van der Waals surface area (Å²) in [5.74, 6) is 0.707. The first-order chi connectivity index (χ1) is 9.37. The Bertz CT molecular complexity index is 421. The second-order valence-corrected chi connectivity index (χ2v) is 4.55. The maximum absolute atomic E-state index is 12.1. The van der Waals surface area contributed by atoms with Crippen LogP contribution in [0.3, 0.4) is 0 Å². The van der Waals surface area contributed by atoms with E-state index in [1.807, 2.05) is 19.1 Å². The molecule has 6 heteroatoms. The van der Waals surface area contributed by atoms with Crippen LogP contribution >= 0.6 is 0 Å². The Labute approximate surface area is 117 Å². The van der Waals surface area contributed by atoms with Crippen LogP contribution < -0.4 is 10.1 Å². The number of hydrogen-bond acceptors (Lipinski definition) is 3. The zero-order valence-corrected chi connectivity index (χ0v) is 11.9. The molecule has 0 fully saturated rings. The number of benzene rings is 1. The summed E-state index contributed by atoms with van der Waals surface area (Å²) in [5.41, 5.74) is 1.77. The SMILES string of the molecule is COCc1cc(C(C)NCCC(F)(F)F)ccc1OC. The van der Waals surface area contributed by atoms with Crippen LogP contribution in [0, 0.1) is 0 Å². The van der Waals surface area contributed by atoms with Crippen LogP contribution in [-0.2, 0) is 11.3 Å². The maximum Gasteiger partial charge on any atom is 0.390 e. The highest BCUT2D eigenvalue weighted by molar-refractivity contribution is 5.38. The van der Waals surface area contributed by atoms with Gasteiger partial charge in [0, 0.05) is 25.3 Å². The number of nitrogens with one attached hydrogen (secondary N) is 1. The average Bonchev–Trinajstić information content (AvgIpc) is 2.37. The highest BCUT2D eigenvalue weighted by Crippen LogP contribution is 2.24. The van der Waals surface area contributed by atoms with Crippen molar-refractivity contribution in [3.05, 3.63) is 29.3 Å². The van der Waals surface area contributed by atoms with Crippen molar-refractivity contribution < 1.29 is 22.6 Å². The van der Waals surface area contributed by atoms with E-state index in [-0.39, 0.29) is 12.6 Å². The summed E-state index contributed by atoms with van der Waals surface area (Å²) >= 11 is 0. The highest BCUT2D eigenvalue weighted by atomic mass is 19.4. The first-order valence-electron chi connectivity index (χ1n) is 6.33. The highest BCUT2D eigenvalue weighted by Gasteiger charge is 2.26. The third-order valence-electron chi connectivity index (χ3n) is 2.96. The largest absolute Gasteiger partial charge is 0.496 e. The van der Waals surface area contributed by atoms with Gasteiger partial charge in [-0.2, -0.15) is 13.2 Å². The van der Waals surface area contributed by atoms with Crippen molar-refractivity contribution in [3.63, 3.8) is 0 Å². The van der Waals surface area contributed by atoms with Gasteiger partial charge in [0.05, 0.1) is 20.1 Å². The molecule has 1 atom stereocenters. The van der Waals surface area contributed by atoms with Gasteiger partial charge in [-0.3, -0.25) is 0 Å². The lowest BCUT2D eigenvalue weighted by Gasteiger charge is -2.17. The molecule has 0 heterocycles. The molecule has 1 rings (SSSR count). The molecule has 0 bridgehead atoms. The summed E-state index contributed by atoms with van der Waals surface area (Å²) in [6.45, 7) is 2.12. The van der Waals surface area contributed by atoms with E-state index in [1.165, 1.54) is 0 Å². The predicted octanol–water partition coefficient (Wildman–Crippen LogP) is 3.44. The number of halogens is 3. The van der Waals surface area contributed by atoms with Gasteiger partial charge < -0.3 is 14.8 Å². The second-order valence-electron chi connectivity index (χ2n) is 4.55. The van der Waals surface area contributed by atoms with Crippen molar-refractivity contribution >= 4 is 0 Å². The number of rotatable bonds is 7. The van der Waals surface area contributed by atoms with Gasteiger partial charge in [0.2, 0.25) is 0 Å². The number of alkyl halides is 3. The van der Waals surface area contributed by atoms with E-state index in [4.69, 9.17) is 9.47 Å². The van der Waals surface area contributed by atoms with Crippen LogP contribution in [0.25, 0.3) is 0 Å². The van der Waals surface area contributed by atoms with Crippen molar-refractivity contribution in [3.8, 4) is 5.75 Å². The summed E-state index contributed by atoms with van der Waals surface area (Å²) in [4.78, 5) is 0. The lowest BCUT2D eigenvalue weighted by Crippen LogP contribution is -2.24. The van der Waals surface area contributed by atoms with E-state index in [0.29, 0.717) is 12.4 Å². The van der Waals surface area contributed by atoms with Crippen LogP contribution in [0.5, 0.6) is 5.75 Å². The minimum absolute atomic E-state index is 0.101. The molecular weight excluding hydrogens is 271 g/mol. The molecule has 0 spiro atoms. The molecule has 3 nitrogen and oxygen atoms in total. The molecule has 0 aliphatic heterocycles. The van der Waals surface area contributed by atoms with Crippen molar-refractivity contribution in [2.75, 3.05) is 20.8 Å². The lowest BCUT2D eigenvalue weighted by molar-refractivity contribution is -0.133. The van der Waals surface area contributed by atoms with E-state index in [1.54, 1.807) is 20.3 Å². The van der Waals surface area contributed by atoms with Gasteiger partial charge >= 0.3 is 6.18 Å². The number of ether oxygens (including phenoxy) is 2. The molecular formula is C14H20F3NO2. The molecule has 0 saturated carbocycles. The Morgan fingerprint density at radius 1 is 1.25 bits per heavy atom. The number of hydrogen-bond donors (Lipinski definition) is 1. The summed E-state index contributed by atoms with van der Waals surface area (Å²) < 4.78 is 46.6. The minimum atomic E-state index is -4.13. The van der Waals surface area contributed by atoms with Gasteiger partial charge in [-0.05, 0) is 24.6 Å². The normalized spacial score (nSPS) is 13.3. The monoisotopic (exact) mass is 291 g/mol. The molecule has 0 saturated heterocycles. The Kier molecular flexibility index (Phi) is 6.29. The Balaban J connectivity index is 2.68. The van der Waals surface area contributed by atoms with E-state index in [9.17, 15) is 13.2 Å². The van der Waals surface area contributed by atoms with Gasteiger partial charge in [-0.1, -0.05) is 6.07 Å². The molecule has 1 N–H and O–H groups in total. The maximum atomic E-state index is 12.1. The van der Waals surface area contributed by atoms with Crippen LogP contribution in [0.4, 0.5) is 13.2 Å². The number of methoxy groups -OCH3 is 2. The summed E-state index contributed by atoms with van der Waals surface area (Å²) in [6.07, 6.45) is -4.97. The van der Waals surface area contributed by atoms with E-state index in [2.05, 4.69) is 5.32 Å². The molecule has 0 aliphatic rings. The van der Waals surface area contributed by atoms with Crippen LogP contribution in [0.15, 0.2) is 18.2 Å². The summed E-state index contributed by atoms with van der Waals surface area (Å²) in [5, 5.41) is 2.86. The van der Waals surface area contributed by atoms with Gasteiger partial charge in [0.1, 0.15) is 5.75 Å². The zero-order valence-electron chi connectivity index (χ0n) is 11.9. The molecule has 0 amide bonds. The van der Waals surface area contributed by atoms with Gasteiger partial charge in [0.15, 0.2) is 0 Å². The minimum Gasteiger partial charge on any atom is -0.496 e. The first kappa shape index (κ1) is 16.8. The van der Waals surface area contributed by atoms with E-state index in [0.717, 1.165) is 11.1 Å². The quantitative estimate of drug-likeness (QED) is 0.834. The molecule has 0 aromatic heterocycles. The van der Waals surface area contributed by atoms with Crippen molar-refractivity contribution in [1.82, 2.24) is 5.32 Å². The van der Waals surface area contributed by atoms with Crippen molar-refractivity contribution in [1.29, 1.82) is 0 Å². The molecule has 0 aliphatic carbocycles. The summed E-state index contributed by atoms with van der Waals surface area (Å²) in [6, 6.07) is 5.35. The van der Waals surface area contributed by atoms with Crippen molar-refractivity contribution in [2.24, 2.45) is 0 Å². The fourth-order valence-corrected chi connectivity index (χ4v) is 1.88. The molecule has 114 valence electrons. The average molecular weight is 291 g/mol. The van der Waals surface area contributed by atoms with Gasteiger partial charge in [-0.25, -0.2) is 0 Å². The Morgan fingerprint density at radius 3 is 2.50 bits per heavy atom. The standard InChI is InChI=1S/C14H20F3NO2/c1-10(18-7-6-14(15,16)17)11-4-5-13(20-3)12(8-11)9-19-2/h4-5,8,10,18H,6-7,9H2,1-3H3. The second kappa shape index (κ2) is 7.50. The predicted molar refractivity (Wildman–Crippen MR) is 70.8 cm³/mol. The van der Waals surface area contributed by atoms with Gasteiger partial charge in [0.25, 0.3) is 0 Å². The van der Waals surface area contributed by atoms with E-state index >= 15 is 0 Å². The molecule has 1 aromatic carbocycles. The Morgan fingerprint density at radius 2 is 1.95 bits per heavy atom. The first-order valence-corrected chi connectivity index (χ1v) is 6.33. The van der Waals surface area contributed by atoms with Crippen LogP contribution in [-0.4, -0.2) is 26.9 Å². The summed E-state index contributed by atoms with van der Waals surface area (Å²) in [7, 11) is 3.15. The molecule has 1 unspecified atom stereocenters. The van der Waals surface area contributed by atoms with Crippen molar-refractivity contribution in [2.45, 2.75) is 32.2 Å². The lowest BCUT2D eigenvalue weighted by atomic mass is 10.0.